The van der Waals surface area contributed by atoms with Gasteiger partial charge in [-0.25, -0.2) is 0 Å². The Labute approximate surface area is 117 Å². The summed E-state index contributed by atoms with van der Waals surface area (Å²) >= 11 is 0. The van der Waals surface area contributed by atoms with Gasteiger partial charge in [0.05, 0.1) is 5.69 Å². The average Bonchev–Trinajstić information content (AvgIpc) is 3.04. The van der Waals surface area contributed by atoms with Crippen LogP contribution in [0.2, 0.25) is 0 Å². The molecule has 0 aromatic carbocycles. The molecule has 3 heteroatoms. The van der Waals surface area contributed by atoms with Gasteiger partial charge in [-0.2, -0.15) is 5.10 Å². The smallest absolute Gasteiger partial charge is 0.0639 e. The number of rotatable bonds is 8. The third-order valence-electron chi connectivity index (χ3n) is 4.31. The number of nitrogens with zero attached hydrogens (tertiary/aromatic N) is 2. The Hall–Kier alpha value is -0.830. The highest BCUT2D eigenvalue weighted by atomic mass is 15.2. The molecule has 1 aliphatic carbocycles. The molecule has 1 unspecified atom stereocenters. The topological polar surface area (TPSA) is 29.9 Å². The van der Waals surface area contributed by atoms with Crippen LogP contribution in [0, 0.1) is 5.92 Å². The molecule has 2 rings (SSSR count). The quantitative estimate of drug-likeness (QED) is 0.780. The Morgan fingerprint density at radius 1 is 1.42 bits per heavy atom. The lowest BCUT2D eigenvalue weighted by Gasteiger charge is -2.19. The van der Waals surface area contributed by atoms with Gasteiger partial charge in [0.1, 0.15) is 0 Å². The summed E-state index contributed by atoms with van der Waals surface area (Å²) in [4.78, 5) is 0. The van der Waals surface area contributed by atoms with Gasteiger partial charge < -0.3 is 5.32 Å². The molecule has 1 N–H and O–H groups in total. The summed E-state index contributed by atoms with van der Waals surface area (Å²) in [6.45, 7) is 3.37. The molecule has 1 heterocycles. The predicted molar refractivity (Wildman–Crippen MR) is 80.2 cm³/mol. The fourth-order valence-electron chi connectivity index (χ4n) is 3.19. The van der Waals surface area contributed by atoms with E-state index in [1.807, 2.05) is 17.9 Å². The van der Waals surface area contributed by atoms with Crippen LogP contribution in [0.3, 0.4) is 0 Å². The first-order chi connectivity index (χ1) is 9.28. The second-order valence-electron chi connectivity index (χ2n) is 6.06. The Morgan fingerprint density at radius 3 is 2.84 bits per heavy atom. The molecule has 1 aliphatic rings. The van der Waals surface area contributed by atoms with Crippen molar-refractivity contribution in [2.75, 3.05) is 6.54 Å². The van der Waals surface area contributed by atoms with E-state index in [0.29, 0.717) is 6.04 Å². The van der Waals surface area contributed by atoms with Crippen LogP contribution in [-0.2, 0) is 13.5 Å². The highest BCUT2D eigenvalue weighted by Gasteiger charge is 2.18. The first-order valence-electron chi connectivity index (χ1n) is 8.00. The molecule has 1 saturated carbocycles. The number of hydrogen-bond donors (Lipinski definition) is 1. The maximum absolute atomic E-state index is 4.51. The molecule has 0 bridgehead atoms. The highest BCUT2D eigenvalue weighted by Crippen LogP contribution is 2.29. The Morgan fingerprint density at radius 2 is 2.21 bits per heavy atom. The van der Waals surface area contributed by atoms with Gasteiger partial charge in [-0.15, -0.1) is 0 Å². The van der Waals surface area contributed by atoms with E-state index >= 15 is 0 Å². The number of hydrogen-bond acceptors (Lipinski definition) is 2. The summed E-state index contributed by atoms with van der Waals surface area (Å²) in [6.07, 6.45) is 12.9. The maximum Gasteiger partial charge on any atom is 0.0639 e. The summed E-state index contributed by atoms with van der Waals surface area (Å²) in [5.41, 5.74) is 1.22. The normalized spacial score (nSPS) is 18.0. The van der Waals surface area contributed by atoms with Crippen LogP contribution in [0.15, 0.2) is 12.3 Å². The highest BCUT2D eigenvalue weighted by molar-refractivity contribution is 5.01. The van der Waals surface area contributed by atoms with Gasteiger partial charge >= 0.3 is 0 Å². The van der Waals surface area contributed by atoms with Crippen LogP contribution in [0.25, 0.3) is 0 Å². The summed E-state index contributed by atoms with van der Waals surface area (Å²) in [6, 6.07) is 2.76. The van der Waals surface area contributed by atoms with Gasteiger partial charge in [-0.3, -0.25) is 4.68 Å². The molecule has 1 aromatic heterocycles. The zero-order valence-corrected chi connectivity index (χ0v) is 12.6. The van der Waals surface area contributed by atoms with E-state index < -0.39 is 0 Å². The largest absolute Gasteiger partial charge is 0.314 e. The van der Waals surface area contributed by atoms with Crippen molar-refractivity contribution >= 4 is 0 Å². The maximum atomic E-state index is 4.51. The van der Waals surface area contributed by atoms with Crippen molar-refractivity contribution in [3.05, 3.63) is 18.0 Å². The Balaban J connectivity index is 1.79. The SMILES string of the molecule is CCCNC(CCC1CCCC1)Cc1ccn(C)n1. The monoisotopic (exact) mass is 263 g/mol. The summed E-state index contributed by atoms with van der Waals surface area (Å²) in [7, 11) is 2.00. The zero-order chi connectivity index (χ0) is 13.5. The van der Waals surface area contributed by atoms with E-state index in [9.17, 15) is 0 Å². The Kier molecular flexibility index (Phi) is 5.90. The van der Waals surface area contributed by atoms with Crippen LogP contribution in [-0.4, -0.2) is 22.4 Å². The lowest BCUT2D eigenvalue weighted by atomic mass is 9.96. The third-order valence-corrected chi connectivity index (χ3v) is 4.31. The van der Waals surface area contributed by atoms with Gasteiger partial charge in [-0.05, 0) is 37.8 Å². The molecule has 0 saturated heterocycles. The number of aromatic nitrogens is 2. The average molecular weight is 263 g/mol. The van der Waals surface area contributed by atoms with Gasteiger partial charge in [-0.1, -0.05) is 32.6 Å². The van der Waals surface area contributed by atoms with Crippen molar-refractivity contribution < 1.29 is 0 Å². The number of nitrogens with one attached hydrogen (secondary N) is 1. The van der Waals surface area contributed by atoms with E-state index in [2.05, 4.69) is 23.4 Å². The second-order valence-corrected chi connectivity index (χ2v) is 6.06. The van der Waals surface area contributed by atoms with E-state index in [-0.39, 0.29) is 0 Å². The van der Waals surface area contributed by atoms with E-state index in [1.165, 1.54) is 50.6 Å². The van der Waals surface area contributed by atoms with Crippen molar-refractivity contribution in [3.63, 3.8) is 0 Å². The minimum atomic E-state index is 0.607. The molecule has 0 aliphatic heterocycles. The molecule has 1 fully saturated rings. The first-order valence-corrected chi connectivity index (χ1v) is 8.00. The zero-order valence-electron chi connectivity index (χ0n) is 12.6. The summed E-state index contributed by atoms with van der Waals surface area (Å²) in [5.74, 6) is 0.995. The first kappa shape index (κ1) is 14.6. The van der Waals surface area contributed by atoms with Crippen molar-refractivity contribution in [2.24, 2.45) is 13.0 Å². The molecule has 19 heavy (non-hydrogen) atoms. The molecule has 1 aromatic rings. The lowest BCUT2D eigenvalue weighted by molar-refractivity contribution is 0.400. The van der Waals surface area contributed by atoms with Crippen molar-refractivity contribution in [1.29, 1.82) is 0 Å². The summed E-state index contributed by atoms with van der Waals surface area (Å²) < 4.78 is 1.91. The van der Waals surface area contributed by atoms with Crippen LogP contribution in [0.1, 0.15) is 57.6 Å². The molecule has 3 nitrogen and oxygen atoms in total. The van der Waals surface area contributed by atoms with Crippen LogP contribution in [0.5, 0.6) is 0 Å². The standard InChI is InChI=1S/C16H29N3/c1-3-11-17-15(9-8-14-6-4-5-7-14)13-16-10-12-19(2)18-16/h10,12,14-15,17H,3-9,11,13H2,1-2H3. The van der Waals surface area contributed by atoms with Crippen LogP contribution in [0.4, 0.5) is 0 Å². The molecule has 0 spiro atoms. The molecule has 0 amide bonds. The van der Waals surface area contributed by atoms with Crippen LogP contribution < -0.4 is 5.32 Å². The summed E-state index contributed by atoms with van der Waals surface area (Å²) in [5, 5.41) is 8.22. The minimum absolute atomic E-state index is 0.607. The molecular formula is C16H29N3. The fourth-order valence-corrected chi connectivity index (χ4v) is 3.19. The molecule has 108 valence electrons. The lowest BCUT2D eigenvalue weighted by Crippen LogP contribution is -2.32. The van der Waals surface area contributed by atoms with Gasteiger partial charge in [0.25, 0.3) is 0 Å². The van der Waals surface area contributed by atoms with Crippen molar-refractivity contribution in [3.8, 4) is 0 Å². The Bertz CT molecular complexity index is 353. The predicted octanol–water partition coefficient (Wildman–Crippen LogP) is 3.30. The van der Waals surface area contributed by atoms with Gasteiger partial charge in [0.15, 0.2) is 0 Å². The van der Waals surface area contributed by atoms with Crippen LogP contribution >= 0.6 is 0 Å². The van der Waals surface area contributed by atoms with E-state index in [4.69, 9.17) is 0 Å². The third kappa shape index (κ3) is 4.98. The van der Waals surface area contributed by atoms with Crippen molar-refractivity contribution in [1.82, 2.24) is 15.1 Å². The van der Waals surface area contributed by atoms with E-state index in [1.54, 1.807) is 0 Å². The molecule has 1 atom stereocenters. The minimum Gasteiger partial charge on any atom is -0.314 e. The van der Waals surface area contributed by atoms with Gasteiger partial charge in [0.2, 0.25) is 0 Å². The molecule has 0 radical (unpaired) electrons. The van der Waals surface area contributed by atoms with Gasteiger partial charge in [0, 0.05) is 25.7 Å². The van der Waals surface area contributed by atoms with Crippen molar-refractivity contribution in [2.45, 2.75) is 64.3 Å². The second kappa shape index (κ2) is 7.68. The number of aryl methyl sites for hydroxylation is 1. The van der Waals surface area contributed by atoms with E-state index in [0.717, 1.165) is 18.9 Å². The molecular weight excluding hydrogens is 234 g/mol. The fraction of sp³-hybridized carbons (Fsp3) is 0.812.